The van der Waals surface area contributed by atoms with Gasteiger partial charge in [0, 0.05) is 19.1 Å². The third kappa shape index (κ3) is 2.31. The normalized spacial score (nSPS) is 23.9. The van der Waals surface area contributed by atoms with Crippen LogP contribution in [0.2, 0.25) is 0 Å². The summed E-state index contributed by atoms with van der Waals surface area (Å²) in [6, 6.07) is 0.501. The van der Waals surface area contributed by atoms with E-state index in [0.29, 0.717) is 17.6 Å². The molecule has 2 heterocycles. The molecule has 18 heavy (non-hydrogen) atoms. The predicted molar refractivity (Wildman–Crippen MR) is 68.7 cm³/mol. The highest BCUT2D eigenvalue weighted by Crippen LogP contribution is 2.29. The second-order valence-corrected chi connectivity index (χ2v) is 4.80. The highest BCUT2D eigenvalue weighted by molar-refractivity contribution is 5.60. The topological polar surface area (TPSA) is 85.0 Å². The van der Waals surface area contributed by atoms with Crippen LogP contribution in [0.4, 0.5) is 11.5 Å². The first-order chi connectivity index (χ1) is 8.50. The van der Waals surface area contributed by atoms with Gasteiger partial charge in [-0.3, -0.25) is 10.1 Å². The Kier molecular flexibility index (Phi) is 3.51. The van der Waals surface area contributed by atoms with E-state index in [0.717, 1.165) is 19.4 Å². The van der Waals surface area contributed by atoms with Crippen molar-refractivity contribution < 1.29 is 4.92 Å². The monoisotopic (exact) mass is 253 g/mol. The number of piperidine rings is 1. The molecule has 7 heteroatoms. The van der Waals surface area contributed by atoms with Crippen LogP contribution >= 0.6 is 0 Å². The van der Waals surface area contributed by atoms with E-state index in [1.165, 1.54) is 0 Å². The van der Waals surface area contributed by atoms with Gasteiger partial charge < -0.3 is 10.6 Å². The minimum atomic E-state index is -0.369. The van der Waals surface area contributed by atoms with Crippen molar-refractivity contribution in [2.24, 2.45) is 7.05 Å². The summed E-state index contributed by atoms with van der Waals surface area (Å²) in [6.07, 6.45) is 2.09. The molecule has 2 rings (SSSR count). The van der Waals surface area contributed by atoms with Crippen molar-refractivity contribution in [3.8, 4) is 0 Å². The standard InChI is InChI=1S/C11H19N5O2/c1-7-9(5-4-6-12-7)13-11-10(16(17)18)8(2)14-15(11)3/h7,9,12-13H,4-6H2,1-3H3. The van der Waals surface area contributed by atoms with E-state index in [9.17, 15) is 10.1 Å². The van der Waals surface area contributed by atoms with Gasteiger partial charge in [-0.1, -0.05) is 0 Å². The molecule has 0 aromatic carbocycles. The van der Waals surface area contributed by atoms with Crippen molar-refractivity contribution in [2.75, 3.05) is 11.9 Å². The number of aromatic nitrogens is 2. The molecule has 0 amide bonds. The molecule has 2 unspecified atom stereocenters. The van der Waals surface area contributed by atoms with Gasteiger partial charge in [-0.2, -0.15) is 5.10 Å². The Morgan fingerprint density at radius 2 is 2.33 bits per heavy atom. The van der Waals surface area contributed by atoms with E-state index < -0.39 is 0 Å². The molecule has 0 spiro atoms. The van der Waals surface area contributed by atoms with Crippen LogP contribution in [0.5, 0.6) is 0 Å². The molecular weight excluding hydrogens is 234 g/mol. The van der Waals surface area contributed by atoms with Crippen LogP contribution in [0.25, 0.3) is 0 Å². The van der Waals surface area contributed by atoms with Gasteiger partial charge >= 0.3 is 5.69 Å². The average molecular weight is 253 g/mol. The molecule has 1 aromatic heterocycles. The smallest absolute Gasteiger partial charge is 0.333 e. The van der Waals surface area contributed by atoms with Crippen molar-refractivity contribution >= 4 is 11.5 Å². The SMILES string of the molecule is Cc1nn(C)c(NC2CCCNC2C)c1[N+](=O)[O-]. The molecule has 100 valence electrons. The van der Waals surface area contributed by atoms with Gasteiger partial charge in [0.1, 0.15) is 5.69 Å². The minimum absolute atomic E-state index is 0.0790. The van der Waals surface area contributed by atoms with Gasteiger partial charge in [-0.15, -0.1) is 0 Å². The number of hydrogen-bond donors (Lipinski definition) is 2. The maximum absolute atomic E-state index is 11.1. The molecule has 1 aliphatic heterocycles. The van der Waals surface area contributed by atoms with Crippen LogP contribution in [0.15, 0.2) is 0 Å². The van der Waals surface area contributed by atoms with Crippen LogP contribution in [0.3, 0.4) is 0 Å². The van der Waals surface area contributed by atoms with Crippen LogP contribution in [0, 0.1) is 17.0 Å². The van der Waals surface area contributed by atoms with Crippen molar-refractivity contribution in [2.45, 2.75) is 38.8 Å². The Hall–Kier alpha value is -1.63. The molecule has 0 radical (unpaired) electrons. The van der Waals surface area contributed by atoms with Crippen LogP contribution in [-0.2, 0) is 7.05 Å². The lowest BCUT2D eigenvalue weighted by Gasteiger charge is -2.30. The fourth-order valence-corrected chi connectivity index (χ4v) is 2.44. The average Bonchev–Trinajstić information content (AvgIpc) is 2.57. The Balaban J connectivity index is 2.25. The quantitative estimate of drug-likeness (QED) is 0.624. The summed E-state index contributed by atoms with van der Waals surface area (Å²) < 4.78 is 1.55. The maximum atomic E-state index is 11.1. The van der Waals surface area contributed by atoms with E-state index in [4.69, 9.17) is 0 Å². The van der Waals surface area contributed by atoms with Crippen molar-refractivity contribution in [3.63, 3.8) is 0 Å². The summed E-state index contributed by atoms with van der Waals surface area (Å²) in [5.41, 5.74) is 0.525. The Labute approximate surface area is 106 Å². The lowest BCUT2D eigenvalue weighted by Crippen LogP contribution is -2.46. The van der Waals surface area contributed by atoms with E-state index >= 15 is 0 Å². The molecule has 2 N–H and O–H groups in total. The third-order valence-corrected chi connectivity index (χ3v) is 3.46. The fourth-order valence-electron chi connectivity index (χ4n) is 2.44. The number of hydrogen-bond acceptors (Lipinski definition) is 5. The summed E-state index contributed by atoms with van der Waals surface area (Å²) in [6.45, 7) is 4.75. The highest BCUT2D eigenvalue weighted by Gasteiger charge is 2.28. The zero-order valence-electron chi connectivity index (χ0n) is 10.9. The number of nitrogens with one attached hydrogen (secondary N) is 2. The van der Waals surface area contributed by atoms with Gasteiger partial charge in [0.15, 0.2) is 0 Å². The van der Waals surface area contributed by atoms with Gasteiger partial charge in [-0.05, 0) is 33.2 Å². The molecule has 1 saturated heterocycles. The second-order valence-electron chi connectivity index (χ2n) is 4.80. The molecule has 0 aliphatic carbocycles. The van der Waals surface area contributed by atoms with Gasteiger partial charge in [0.2, 0.25) is 5.82 Å². The van der Waals surface area contributed by atoms with Crippen LogP contribution < -0.4 is 10.6 Å². The molecule has 7 nitrogen and oxygen atoms in total. The summed E-state index contributed by atoms with van der Waals surface area (Å²) in [5.74, 6) is 0.498. The number of aryl methyl sites for hydroxylation is 2. The summed E-state index contributed by atoms with van der Waals surface area (Å²) in [4.78, 5) is 10.7. The van der Waals surface area contributed by atoms with Crippen molar-refractivity contribution in [1.82, 2.24) is 15.1 Å². The predicted octanol–water partition coefficient (Wildman–Crippen LogP) is 1.19. The molecule has 0 saturated carbocycles. The van der Waals surface area contributed by atoms with E-state index in [1.807, 2.05) is 0 Å². The van der Waals surface area contributed by atoms with Crippen molar-refractivity contribution in [3.05, 3.63) is 15.8 Å². The first kappa shape index (κ1) is 12.8. The van der Waals surface area contributed by atoms with Gasteiger partial charge in [0.05, 0.1) is 4.92 Å². The number of rotatable bonds is 3. The largest absolute Gasteiger partial charge is 0.360 e. The second kappa shape index (κ2) is 4.93. The first-order valence-corrected chi connectivity index (χ1v) is 6.18. The first-order valence-electron chi connectivity index (χ1n) is 6.18. The minimum Gasteiger partial charge on any atom is -0.360 e. The zero-order chi connectivity index (χ0) is 13.3. The Morgan fingerprint density at radius 3 is 2.94 bits per heavy atom. The Bertz CT molecular complexity index is 457. The number of nitrogens with zero attached hydrogens (tertiary/aromatic N) is 3. The third-order valence-electron chi connectivity index (χ3n) is 3.46. The Morgan fingerprint density at radius 1 is 1.61 bits per heavy atom. The molecule has 1 aromatic rings. The van der Waals surface area contributed by atoms with Crippen LogP contribution in [-0.4, -0.2) is 33.3 Å². The number of nitro groups is 1. The van der Waals surface area contributed by atoms with Crippen LogP contribution in [0.1, 0.15) is 25.5 Å². The van der Waals surface area contributed by atoms with E-state index in [1.54, 1.807) is 18.7 Å². The van der Waals surface area contributed by atoms with Crippen molar-refractivity contribution in [1.29, 1.82) is 0 Å². The van der Waals surface area contributed by atoms with E-state index in [-0.39, 0.29) is 16.7 Å². The maximum Gasteiger partial charge on any atom is 0.333 e. The molecule has 2 atom stereocenters. The lowest BCUT2D eigenvalue weighted by molar-refractivity contribution is -0.384. The highest BCUT2D eigenvalue weighted by atomic mass is 16.6. The van der Waals surface area contributed by atoms with E-state index in [2.05, 4.69) is 22.7 Å². The summed E-state index contributed by atoms with van der Waals surface area (Å²) in [5, 5.41) is 21.8. The fraction of sp³-hybridized carbons (Fsp3) is 0.727. The summed E-state index contributed by atoms with van der Waals surface area (Å²) in [7, 11) is 1.73. The zero-order valence-corrected chi connectivity index (χ0v) is 10.9. The summed E-state index contributed by atoms with van der Waals surface area (Å²) >= 11 is 0. The molecular formula is C11H19N5O2. The van der Waals surface area contributed by atoms with Gasteiger partial charge in [0.25, 0.3) is 0 Å². The molecule has 1 aliphatic rings. The molecule has 1 fully saturated rings. The van der Waals surface area contributed by atoms with Gasteiger partial charge in [-0.25, -0.2) is 4.68 Å². The lowest BCUT2D eigenvalue weighted by atomic mass is 10.00. The molecule has 0 bridgehead atoms. The number of anilines is 1.